The fraction of sp³-hybridized carbons (Fsp3) is 0.444. The molecule has 0 saturated carbocycles. The van der Waals surface area contributed by atoms with Crippen molar-refractivity contribution in [3.05, 3.63) is 35.6 Å². The summed E-state index contributed by atoms with van der Waals surface area (Å²) in [6.07, 6.45) is 0.401. The minimum atomic E-state index is -0.911. The molecule has 7 nitrogen and oxygen atoms in total. The zero-order valence-electron chi connectivity index (χ0n) is 14.4. The molecule has 3 rings (SSSR count). The Hall–Kier alpha value is -2.77. The monoisotopic (exact) mass is 361 g/mol. The van der Waals surface area contributed by atoms with Gasteiger partial charge in [-0.1, -0.05) is 19.1 Å². The standard InChI is InChI=1S/C18H20FN3O4/c1-11-8-21(10-14(11)18(25)26)17(24)15-6-7-16(23)22(20-15)9-12-2-4-13(19)5-3-12/h2-5,11,14H,6-10H2,1H3,(H,25,26)/t11-,14-/m1/s1. The Balaban J connectivity index is 1.73. The number of aliphatic carboxylic acids is 1. The van der Waals surface area contributed by atoms with Gasteiger partial charge in [-0.3, -0.25) is 14.4 Å². The highest BCUT2D eigenvalue weighted by molar-refractivity contribution is 6.39. The Morgan fingerprint density at radius 1 is 1.23 bits per heavy atom. The van der Waals surface area contributed by atoms with Crippen LogP contribution in [-0.2, 0) is 20.9 Å². The average Bonchev–Trinajstić information content (AvgIpc) is 3.00. The number of hydrogen-bond acceptors (Lipinski definition) is 4. The van der Waals surface area contributed by atoms with E-state index in [0.29, 0.717) is 12.1 Å². The summed E-state index contributed by atoms with van der Waals surface area (Å²) >= 11 is 0. The maximum Gasteiger partial charge on any atom is 0.308 e. The van der Waals surface area contributed by atoms with Crippen LogP contribution < -0.4 is 0 Å². The molecular weight excluding hydrogens is 341 g/mol. The van der Waals surface area contributed by atoms with Crippen molar-refractivity contribution in [3.63, 3.8) is 0 Å². The molecule has 0 bridgehead atoms. The lowest BCUT2D eigenvalue weighted by Gasteiger charge is -2.25. The number of hydrazone groups is 1. The lowest BCUT2D eigenvalue weighted by Crippen LogP contribution is -2.40. The molecule has 1 fully saturated rings. The smallest absolute Gasteiger partial charge is 0.308 e. The minimum absolute atomic E-state index is 0.127. The molecule has 1 N–H and O–H groups in total. The topological polar surface area (TPSA) is 90.3 Å². The van der Waals surface area contributed by atoms with E-state index in [1.807, 2.05) is 0 Å². The molecule has 2 heterocycles. The van der Waals surface area contributed by atoms with E-state index in [2.05, 4.69) is 5.10 Å². The number of amides is 2. The van der Waals surface area contributed by atoms with Gasteiger partial charge in [-0.2, -0.15) is 5.10 Å². The summed E-state index contributed by atoms with van der Waals surface area (Å²) in [5.41, 5.74) is 0.961. The number of hydrogen-bond donors (Lipinski definition) is 1. The van der Waals surface area contributed by atoms with Gasteiger partial charge in [0.05, 0.1) is 12.5 Å². The fourth-order valence-corrected chi connectivity index (χ4v) is 3.28. The van der Waals surface area contributed by atoms with Crippen LogP contribution in [0, 0.1) is 17.7 Å². The van der Waals surface area contributed by atoms with Gasteiger partial charge in [0.1, 0.15) is 11.5 Å². The lowest BCUT2D eigenvalue weighted by molar-refractivity contribution is -0.142. The van der Waals surface area contributed by atoms with Gasteiger partial charge in [-0.25, -0.2) is 9.40 Å². The Bertz CT molecular complexity index is 762. The third-order valence-electron chi connectivity index (χ3n) is 4.81. The van der Waals surface area contributed by atoms with Crippen molar-refractivity contribution in [1.82, 2.24) is 9.91 Å². The maximum absolute atomic E-state index is 13.0. The van der Waals surface area contributed by atoms with Crippen LogP contribution in [0.25, 0.3) is 0 Å². The van der Waals surface area contributed by atoms with E-state index >= 15 is 0 Å². The van der Waals surface area contributed by atoms with Crippen LogP contribution in [0.3, 0.4) is 0 Å². The summed E-state index contributed by atoms with van der Waals surface area (Å²) in [5.74, 6) is -2.51. The van der Waals surface area contributed by atoms with Gasteiger partial charge >= 0.3 is 5.97 Å². The first-order valence-electron chi connectivity index (χ1n) is 8.49. The third-order valence-corrected chi connectivity index (χ3v) is 4.81. The first kappa shape index (κ1) is 18.0. The second-order valence-corrected chi connectivity index (χ2v) is 6.76. The number of nitrogens with zero attached hydrogens (tertiary/aromatic N) is 3. The van der Waals surface area contributed by atoms with E-state index in [-0.39, 0.29) is 55.2 Å². The van der Waals surface area contributed by atoms with Crippen LogP contribution in [0.2, 0.25) is 0 Å². The molecule has 0 radical (unpaired) electrons. The molecule has 0 unspecified atom stereocenters. The quantitative estimate of drug-likeness (QED) is 0.880. The Morgan fingerprint density at radius 2 is 1.92 bits per heavy atom. The second kappa shape index (κ2) is 7.23. The molecule has 0 spiro atoms. The fourth-order valence-electron chi connectivity index (χ4n) is 3.28. The number of benzene rings is 1. The first-order valence-corrected chi connectivity index (χ1v) is 8.49. The highest BCUT2D eigenvalue weighted by Crippen LogP contribution is 2.24. The first-order chi connectivity index (χ1) is 12.3. The summed E-state index contributed by atoms with van der Waals surface area (Å²) in [6, 6.07) is 5.73. The second-order valence-electron chi connectivity index (χ2n) is 6.76. The molecule has 8 heteroatoms. The number of halogens is 1. The van der Waals surface area contributed by atoms with Gasteiger partial charge in [0.2, 0.25) is 5.91 Å². The number of likely N-dealkylation sites (tertiary alicyclic amines) is 1. The van der Waals surface area contributed by atoms with Crippen molar-refractivity contribution >= 4 is 23.5 Å². The van der Waals surface area contributed by atoms with Crippen LogP contribution in [-0.4, -0.2) is 51.6 Å². The Morgan fingerprint density at radius 3 is 2.54 bits per heavy atom. The van der Waals surface area contributed by atoms with Crippen LogP contribution in [0.4, 0.5) is 4.39 Å². The largest absolute Gasteiger partial charge is 0.481 e. The zero-order chi connectivity index (χ0) is 18.8. The molecular formula is C18H20FN3O4. The molecule has 26 heavy (non-hydrogen) atoms. The molecule has 2 amide bonds. The van der Waals surface area contributed by atoms with Crippen molar-refractivity contribution in [2.75, 3.05) is 13.1 Å². The van der Waals surface area contributed by atoms with Crippen molar-refractivity contribution in [2.24, 2.45) is 16.9 Å². The van der Waals surface area contributed by atoms with Crippen LogP contribution in [0.15, 0.2) is 29.4 Å². The minimum Gasteiger partial charge on any atom is -0.481 e. The lowest BCUT2D eigenvalue weighted by atomic mass is 9.99. The van der Waals surface area contributed by atoms with Gasteiger partial charge in [-0.15, -0.1) is 0 Å². The van der Waals surface area contributed by atoms with Crippen molar-refractivity contribution in [3.8, 4) is 0 Å². The van der Waals surface area contributed by atoms with Gasteiger partial charge < -0.3 is 10.0 Å². The van der Waals surface area contributed by atoms with E-state index in [4.69, 9.17) is 0 Å². The van der Waals surface area contributed by atoms with Crippen molar-refractivity contribution in [1.29, 1.82) is 0 Å². The summed E-state index contributed by atoms with van der Waals surface area (Å²) in [5, 5.41) is 14.6. The maximum atomic E-state index is 13.0. The number of carbonyl (C=O) groups is 3. The zero-order valence-corrected chi connectivity index (χ0v) is 14.4. The van der Waals surface area contributed by atoms with Crippen molar-refractivity contribution < 1.29 is 23.9 Å². The number of carboxylic acids is 1. The predicted molar refractivity (Wildman–Crippen MR) is 90.5 cm³/mol. The van der Waals surface area contributed by atoms with Crippen molar-refractivity contribution in [2.45, 2.75) is 26.3 Å². The van der Waals surface area contributed by atoms with E-state index in [0.717, 1.165) is 0 Å². The molecule has 0 aromatic heterocycles. The van der Waals surface area contributed by atoms with Gasteiger partial charge in [0.25, 0.3) is 5.91 Å². The summed E-state index contributed by atoms with van der Waals surface area (Å²) in [4.78, 5) is 37.5. The summed E-state index contributed by atoms with van der Waals surface area (Å²) in [7, 11) is 0. The van der Waals surface area contributed by atoms with Gasteiger partial charge in [-0.05, 0) is 23.6 Å². The molecule has 1 aromatic rings. The predicted octanol–water partition coefficient (Wildman–Crippen LogP) is 1.48. The van der Waals surface area contributed by atoms with E-state index in [1.54, 1.807) is 19.1 Å². The summed E-state index contributed by atoms with van der Waals surface area (Å²) < 4.78 is 13.0. The summed E-state index contributed by atoms with van der Waals surface area (Å²) in [6.45, 7) is 2.48. The molecule has 0 aliphatic carbocycles. The Labute approximate surface area is 150 Å². The molecule has 1 saturated heterocycles. The normalized spacial score (nSPS) is 23.2. The van der Waals surface area contributed by atoms with E-state index in [1.165, 1.54) is 22.0 Å². The van der Waals surface area contributed by atoms with Gasteiger partial charge in [0.15, 0.2) is 0 Å². The number of carbonyl (C=O) groups excluding carboxylic acids is 2. The van der Waals surface area contributed by atoms with Crippen LogP contribution in [0.1, 0.15) is 25.3 Å². The molecule has 2 aliphatic heterocycles. The average molecular weight is 361 g/mol. The van der Waals surface area contributed by atoms with E-state index < -0.39 is 11.9 Å². The molecule has 2 atom stereocenters. The van der Waals surface area contributed by atoms with Crippen LogP contribution in [0.5, 0.6) is 0 Å². The third kappa shape index (κ3) is 3.74. The molecule has 1 aromatic carbocycles. The molecule has 138 valence electrons. The highest BCUT2D eigenvalue weighted by Gasteiger charge is 2.39. The van der Waals surface area contributed by atoms with E-state index in [9.17, 15) is 23.9 Å². The SMILES string of the molecule is C[C@@H]1CN(C(=O)C2=NN(Cc3ccc(F)cc3)C(=O)CC2)C[C@H]1C(=O)O. The Kier molecular flexibility index (Phi) is 5.01. The van der Waals surface area contributed by atoms with Gasteiger partial charge in [0, 0.05) is 25.9 Å². The number of carboxylic acid groups (broad SMARTS) is 1. The molecule has 2 aliphatic rings. The highest BCUT2D eigenvalue weighted by atomic mass is 19.1. The van der Waals surface area contributed by atoms with Crippen LogP contribution >= 0.6 is 0 Å². The number of rotatable bonds is 4.